The molecule has 6 nitrogen and oxygen atoms in total. The standard InChI is InChI=1S/C22H21F4N4O2/c1-30(2,9-3-4-10-31-20-8-11-32-29-20)14-15-12-18(25)22(19(26)13-15)28-27-21-16(23)6-5-7-17(21)24/h5-7,12-13H,8-11,14H2,1-2H3/q+1. The Bertz CT molecular complexity index is 1060. The first-order valence-corrected chi connectivity index (χ1v) is 9.68. The number of rotatable bonds is 6. The van der Waals surface area contributed by atoms with E-state index in [1.807, 2.05) is 14.1 Å². The number of halogens is 4. The molecular weight excluding hydrogens is 428 g/mol. The van der Waals surface area contributed by atoms with Gasteiger partial charge in [-0.05, 0) is 30.2 Å². The second-order valence-electron chi connectivity index (χ2n) is 7.64. The fourth-order valence-electron chi connectivity index (χ4n) is 2.87. The van der Waals surface area contributed by atoms with Crippen molar-refractivity contribution in [1.82, 2.24) is 0 Å². The molecule has 32 heavy (non-hydrogen) atoms. The van der Waals surface area contributed by atoms with Crippen LogP contribution in [0.15, 0.2) is 45.7 Å². The SMILES string of the molecule is C[N+](C)(CC#CCOC1=NOCC1)Cc1cc(F)c(N=Nc2c(F)cccc2F)c(F)c1. The van der Waals surface area contributed by atoms with Gasteiger partial charge in [-0.25, -0.2) is 17.6 Å². The number of ether oxygens (including phenoxy) is 1. The highest BCUT2D eigenvalue weighted by atomic mass is 19.1. The van der Waals surface area contributed by atoms with E-state index in [2.05, 4.69) is 27.2 Å². The highest BCUT2D eigenvalue weighted by Gasteiger charge is 2.19. The number of azo groups is 1. The Hall–Kier alpha value is -3.45. The van der Waals surface area contributed by atoms with Crippen molar-refractivity contribution in [2.24, 2.45) is 15.4 Å². The molecule has 0 aliphatic carbocycles. The monoisotopic (exact) mass is 449 g/mol. The van der Waals surface area contributed by atoms with Crippen LogP contribution in [0.4, 0.5) is 28.9 Å². The van der Waals surface area contributed by atoms with Crippen LogP contribution in [-0.2, 0) is 16.1 Å². The first-order valence-electron chi connectivity index (χ1n) is 9.68. The van der Waals surface area contributed by atoms with Crippen molar-refractivity contribution in [3.63, 3.8) is 0 Å². The molecule has 0 unspecified atom stereocenters. The molecule has 10 heteroatoms. The van der Waals surface area contributed by atoms with Crippen LogP contribution in [0.3, 0.4) is 0 Å². The summed E-state index contributed by atoms with van der Waals surface area (Å²) in [6.45, 7) is 1.36. The van der Waals surface area contributed by atoms with Gasteiger partial charge in [-0.3, -0.25) is 0 Å². The Kier molecular flexibility index (Phi) is 7.43. The van der Waals surface area contributed by atoms with Crippen LogP contribution in [0.5, 0.6) is 0 Å². The number of nitrogens with zero attached hydrogens (tertiary/aromatic N) is 4. The molecule has 0 bridgehead atoms. The fraction of sp³-hybridized carbons (Fsp3) is 0.318. The second kappa shape index (κ2) is 10.2. The van der Waals surface area contributed by atoms with Gasteiger partial charge in [0.2, 0.25) is 5.90 Å². The van der Waals surface area contributed by atoms with Crippen LogP contribution in [0.2, 0.25) is 0 Å². The summed E-state index contributed by atoms with van der Waals surface area (Å²) in [5.74, 6) is 2.40. The second-order valence-corrected chi connectivity index (χ2v) is 7.64. The first kappa shape index (κ1) is 23.2. The van der Waals surface area contributed by atoms with E-state index in [9.17, 15) is 17.6 Å². The summed E-state index contributed by atoms with van der Waals surface area (Å²) in [7, 11) is 3.71. The lowest BCUT2D eigenvalue weighted by atomic mass is 10.1. The maximum atomic E-state index is 14.4. The van der Waals surface area contributed by atoms with E-state index in [4.69, 9.17) is 9.57 Å². The van der Waals surface area contributed by atoms with Crippen LogP contribution in [-0.4, -0.2) is 44.2 Å². The predicted octanol–water partition coefficient (Wildman–Crippen LogP) is 4.99. The van der Waals surface area contributed by atoms with E-state index in [1.165, 1.54) is 0 Å². The zero-order valence-electron chi connectivity index (χ0n) is 17.5. The Balaban J connectivity index is 1.64. The lowest BCUT2D eigenvalue weighted by Gasteiger charge is -2.27. The van der Waals surface area contributed by atoms with Gasteiger partial charge in [0.25, 0.3) is 0 Å². The van der Waals surface area contributed by atoms with Crippen molar-refractivity contribution in [2.75, 3.05) is 33.9 Å². The van der Waals surface area contributed by atoms with Crippen molar-refractivity contribution in [1.29, 1.82) is 0 Å². The van der Waals surface area contributed by atoms with Gasteiger partial charge in [-0.15, -0.1) is 10.2 Å². The van der Waals surface area contributed by atoms with E-state index in [-0.39, 0.29) is 13.2 Å². The van der Waals surface area contributed by atoms with Crippen molar-refractivity contribution >= 4 is 17.3 Å². The third kappa shape index (κ3) is 6.28. The minimum atomic E-state index is -0.987. The Morgan fingerprint density at radius 1 is 1.00 bits per heavy atom. The molecule has 0 N–H and O–H groups in total. The summed E-state index contributed by atoms with van der Waals surface area (Å²) in [6, 6.07) is 5.32. The highest BCUT2D eigenvalue weighted by Crippen LogP contribution is 2.29. The quantitative estimate of drug-likeness (QED) is 0.270. The number of hydrogen-bond acceptors (Lipinski definition) is 5. The fourth-order valence-corrected chi connectivity index (χ4v) is 2.87. The molecule has 0 spiro atoms. The molecule has 2 aromatic carbocycles. The van der Waals surface area contributed by atoms with Gasteiger partial charge in [-0.1, -0.05) is 17.1 Å². The van der Waals surface area contributed by atoms with E-state index >= 15 is 0 Å². The molecule has 2 aromatic rings. The van der Waals surface area contributed by atoms with Gasteiger partial charge in [-0.2, -0.15) is 0 Å². The summed E-state index contributed by atoms with van der Waals surface area (Å²) >= 11 is 0. The minimum absolute atomic E-state index is 0.174. The van der Waals surface area contributed by atoms with Gasteiger partial charge >= 0.3 is 0 Å². The Morgan fingerprint density at radius 2 is 1.62 bits per heavy atom. The van der Waals surface area contributed by atoms with Gasteiger partial charge in [0, 0.05) is 5.56 Å². The average Bonchev–Trinajstić information content (AvgIpc) is 3.22. The molecule has 0 aromatic heterocycles. The average molecular weight is 449 g/mol. The number of quaternary nitrogens is 1. The van der Waals surface area contributed by atoms with Crippen molar-refractivity contribution in [2.45, 2.75) is 13.0 Å². The van der Waals surface area contributed by atoms with Crippen LogP contribution in [0, 0.1) is 35.1 Å². The molecule has 1 heterocycles. The van der Waals surface area contributed by atoms with Gasteiger partial charge in [0.15, 0.2) is 41.3 Å². The summed E-state index contributed by atoms with van der Waals surface area (Å²) in [6.07, 6.45) is 0.616. The van der Waals surface area contributed by atoms with Crippen LogP contribution < -0.4 is 0 Å². The van der Waals surface area contributed by atoms with Crippen LogP contribution in [0.25, 0.3) is 0 Å². The van der Waals surface area contributed by atoms with Gasteiger partial charge < -0.3 is 14.1 Å². The summed E-state index contributed by atoms with van der Waals surface area (Å²) in [5.41, 5.74) is -1.07. The first-order chi connectivity index (χ1) is 15.2. The number of oxime groups is 1. The number of hydrogen-bond donors (Lipinski definition) is 0. The maximum Gasteiger partial charge on any atom is 0.230 e. The van der Waals surface area contributed by atoms with E-state index < -0.39 is 34.6 Å². The summed E-state index contributed by atoms with van der Waals surface area (Å²) in [5, 5.41) is 10.4. The largest absolute Gasteiger partial charge is 0.465 e. The summed E-state index contributed by atoms with van der Waals surface area (Å²) < 4.78 is 61.8. The molecule has 0 radical (unpaired) electrons. The lowest BCUT2D eigenvalue weighted by molar-refractivity contribution is -0.896. The molecule has 0 atom stereocenters. The molecule has 0 saturated heterocycles. The van der Waals surface area contributed by atoms with Crippen LogP contribution in [0.1, 0.15) is 12.0 Å². The van der Waals surface area contributed by atoms with E-state index in [0.717, 1.165) is 30.3 Å². The molecule has 0 fully saturated rings. The smallest absolute Gasteiger partial charge is 0.230 e. The molecule has 1 aliphatic heterocycles. The Labute approximate surface area is 182 Å². The predicted molar refractivity (Wildman–Crippen MR) is 109 cm³/mol. The third-order valence-electron chi connectivity index (χ3n) is 4.39. The zero-order valence-corrected chi connectivity index (χ0v) is 17.5. The molecule has 0 saturated carbocycles. The molecule has 1 aliphatic rings. The van der Waals surface area contributed by atoms with Crippen molar-refractivity contribution < 1.29 is 31.6 Å². The summed E-state index contributed by atoms with van der Waals surface area (Å²) in [4.78, 5) is 4.82. The van der Waals surface area contributed by atoms with Crippen LogP contribution >= 0.6 is 0 Å². The highest BCUT2D eigenvalue weighted by molar-refractivity contribution is 5.76. The number of benzene rings is 2. The third-order valence-corrected chi connectivity index (χ3v) is 4.39. The van der Waals surface area contributed by atoms with Crippen molar-refractivity contribution in [3.05, 3.63) is 59.2 Å². The van der Waals surface area contributed by atoms with E-state index in [0.29, 0.717) is 35.5 Å². The zero-order chi connectivity index (χ0) is 23.1. The molecule has 168 valence electrons. The molecular formula is C22H21F4N4O2+. The van der Waals surface area contributed by atoms with Gasteiger partial charge in [0.05, 0.1) is 20.5 Å². The normalized spacial score (nSPS) is 13.5. The maximum absolute atomic E-state index is 14.4. The Morgan fingerprint density at radius 3 is 2.22 bits per heavy atom. The minimum Gasteiger partial charge on any atom is -0.465 e. The van der Waals surface area contributed by atoms with E-state index in [1.54, 1.807) is 0 Å². The van der Waals surface area contributed by atoms with Crippen molar-refractivity contribution in [3.8, 4) is 11.8 Å². The molecule has 0 amide bonds. The van der Waals surface area contributed by atoms with Gasteiger partial charge in [0.1, 0.15) is 19.7 Å². The topological polar surface area (TPSA) is 55.5 Å². The molecule has 3 rings (SSSR count). The lowest BCUT2D eigenvalue weighted by Crippen LogP contribution is -2.39.